The monoisotopic (exact) mass is 278 g/mol. The third kappa shape index (κ3) is 5.47. The highest BCUT2D eigenvalue weighted by molar-refractivity contribution is 5.47. The van der Waals surface area contributed by atoms with Gasteiger partial charge in [0, 0.05) is 32.4 Å². The van der Waals surface area contributed by atoms with Gasteiger partial charge in [0.25, 0.3) is 0 Å². The largest absolute Gasteiger partial charge is 0.355 e. The van der Waals surface area contributed by atoms with Gasteiger partial charge in [0.15, 0.2) is 0 Å². The Balaban J connectivity index is 2.79. The predicted octanol–water partition coefficient (Wildman–Crippen LogP) is 2.28. The van der Waals surface area contributed by atoms with Crippen LogP contribution in [0.25, 0.3) is 0 Å². The number of aromatic nitrogens is 1. The fourth-order valence-electron chi connectivity index (χ4n) is 2.24. The van der Waals surface area contributed by atoms with Crippen molar-refractivity contribution in [2.45, 2.75) is 33.7 Å². The summed E-state index contributed by atoms with van der Waals surface area (Å²) in [5.74, 6) is 1.13. The van der Waals surface area contributed by atoms with Crippen molar-refractivity contribution < 1.29 is 0 Å². The van der Waals surface area contributed by atoms with E-state index >= 15 is 0 Å². The van der Waals surface area contributed by atoms with Crippen molar-refractivity contribution in [3.05, 3.63) is 23.4 Å². The van der Waals surface area contributed by atoms with Gasteiger partial charge < -0.3 is 15.1 Å². The van der Waals surface area contributed by atoms with Crippen molar-refractivity contribution in [2.24, 2.45) is 0 Å². The second-order valence-corrected chi connectivity index (χ2v) is 5.55. The zero-order valence-corrected chi connectivity index (χ0v) is 13.7. The highest BCUT2D eigenvalue weighted by atomic mass is 15.2. The number of likely N-dealkylation sites (N-methyl/N-ethyl adjacent to an activating group) is 1. The molecular weight excluding hydrogens is 248 g/mol. The van der Waals surface area contributed by atoms with Crippen molar-refractivity contribution >= 4 is 5.82 Å². The molecule has 0 aromatic carbocycles. The topological polar surface area (TPSA) is 31.4 Å². The summed E-state index contributed by atoms with van der Waals surface area (Å²) in [6, 6.07) is 2.25. The number of anilines is 1. The molecule has 0 saturated heterocycles. The Morgan fingerprint density at radius 1 is 1.15 bits per heavy atom. The molecule has 0 saturated carbocycles. The maximum Gasteiger partial charge on any atom is 0.131 e. The molecule has 0 aliphatic rings. The summed E-state index contributed by atoms with van der Waals surface area (Å²) in [7, 11) is 4.23. The summed E-state index contributed by atoms with van der Waals surface area (Å²) < 4.78 is 0. The first-order valence-electron chi connectivity index (χ1n) is 7.64. The molecule has 0 spiro atoms. The summed E-state index contributed by atoms with van der Waals surface area (Å²) in [6.45, 7) is 11.5. The van der Waals surface area contributed by atoms with E-state index in [0.29, 0.717) is 0 Å². The first kappa shape index (κ1) is 16.9. The van der Waals surface area contributed by atoms with Crippen LogP contribution in [0.1, 0.15) is 31.4 Å². The van der Waals surface area contributed by atoms with Crippen LogP contribution in [0.5, 0.6) is 0 Å². The van der Waals surface area contributed by atoms with Gasteiger partial charge in [-0.3, -0.25) is 0 Å². The minimum Gasteiger partial charge on any atom is -0.355 e. The first-order valence-corrected chi connectivity index (χ1v) is 7.64. The Morgan fingerprint density at radius 2 is 1.90 bits per heavy atom. The average Bonchev–Trinajstić information content (AvgIpc) is 2.41. The molecular formula is C16H30N4. The Kier molecular flexibility index (Phi) is 7.55. The van der Waals surface area contributed by atoms with Crippen molar-refractivity contribution in [3.8, 4) is 0 Å². The van der Waals surface area contributed by atoms with Gasteiger partial charge in [-0.15, -0.1) is 0 Å². The second-order valence-electron chi connectivity index (χ2n) is 5.55. The standard InChI is InChI=1S/C16H30N4/c1-6-8-20(10-9-19(4)5)16-14(3)11-15(13-18-16)12-17-7-2/h11,13,17H,6-10,12H2,1-5H3. The van der Waals surface area contributed by atoms with Crippen LogP contribution in [0.3, 0.4) is 0 Å². The normalized spacial score (nSPS) is 11.1. The first-order chi connectivity index (χ1) is 9.58. The molecule has 0 amide bonds. The van der Waals surface area contributed by atoms with Crippen molar-refractivity contribution in [1.82, 2.24) is 15.2 Å². The highest BCUT2D eigenvalue weighted by Crippen LogP contribution is 2.18. The third-order valence-corrected chi connectivity index (χ3v) is 3.30. The smallest absolute Gasteiger partial charge is 0.131 e. The molecule has 114 valence electrons. The molecule has 4 heteroatoms. The van der Waals surface area contributed by atoms with Crippen LogP contribution in [0, 0.1) is 6.92 Å². The number of nitrogens with zero attached hydrogens (tertiary/aromatic N) is 3. The number of nitrogens with one attached hydrogen (secondary N) is 1. The van der Waals surface area contributed by atoms with Crippen molar-refractivity contribution in [2.75, 3.05) is 45.2 Å². The van der Waals surface area contributed by atoms with E-state index in [4.69, 9.17) is 4.98 Å². The van der Waals surface area contributed by atoms with E-state index in [2.05, 4.69) is 56.0 Å². The van der Waals surface area contributed by atoms with Gasteiger partial charge in [0.1, 0.15) is 5.82 Å². The van der Waals surface area contributed by atoms with Crippen molar-refractivity contribution in [3.63, 3.8) is 0 Å². The molecule has 0 fully saturated rings. The minimum absolute atomic E-state index is 0.899. The van der Waals surface area contributed by atoms with Gasteiger partial charge in [-0.05, 0) is 51.2 Å². The summed E-state index contributed by atoms with van der Waals surface area (Å²) in [5, 5.41) is 3.35. The van der Waals surface area contributed by atoms with E-state index in [9.17, 15) is 0 Å². The molecule has 20 heavy (non-hydrogen) atoms. The molecule has 4 nitrogen and oxygen atoms in total. The fraction of sp³-hybridized carbons (Fsp3) is 0.688. The molecule has 1 rings (SSSR count). The Bertz CT molecular complexity index is 390. The Labute approximate surface area is 124 Å². The summed E-state index contributed by atoms with van der Waals surface area (Å²) in [6.07, 6.45) is 3.15. The summed E-state index contributed by atoms with van der Waals surface area (Å²) in [5.41, 5.74) is 2.53. The molecule has 0 bridgehead atoms. The Morgan fingerprint density at radius 3 is 2.45 bits per heavy atom. The number of pyridine rings is 1. The SMILES string of the molecule is CCCN(CCN(C)C)c1ncc(CNCC)cc1C. The molecule has 1 aromatic rings. The van der Waals surface area contributed by atoms with Crippen LogP contribution >= 0.6 is 0 Å². The van der Waals surface area contributed by atoms with Crippen molar-refractivity contribution in [1.29, 1.82) is 0 Å². The minimum atomic E-state index is 0.899. The second kappa shape index (κ2) is 8.93. The van der Waals surface area contributed by atoms with Crippen LogP contribution in [-0.2, 0) is 6.54 Å². The molecule has 1 N–H and O–H groups in total. The predicted molar refractivity (Wildman–Crippen MR) is 87.4 cm³/mol. The van der Waals surface area contributed by atoms with E-state index in [1.807, 2.05) is 6.20 Å². The van der Waals surface area contributed by atoms with E-state index in [1.54, 1.807) is 0 Å². The van der Waals surface area contributed by atoms with E-state index in [-0.39, 0.29) is 0 Å². The lowest BCUT2D eigenvalue weighted by Crippen LogP contribution is -2.33. The van der Waals surface area contributed by atoms with Crippen LogP contribution in [0.2, 0.25) is 0 Å². The quantitative estimate of drug-likeness (QED) is 0.751. The zero-order valence-electron chi connectivity index (χ0n) is 13.7. The lowest BCUT2D eigenvalue weighted by Gasteiger charge is -2.26. The van der Waals surface area contributed by atoms with Gasteiger partial charge in [-0.2, -0.15) is 0 Å². The molecule has 1 aromatic heterocycles. The number of hydrogen-bond acceptors (Lipinski definition) is 4. The van der Waals surface area contributed by atoms with E-state index in [0.717, 1.165) is 45.0 Å². The van der Waals surface area contributed by atoms with Gasteiger partial charge >= 0.3 is 0 Å². The number of hydrogen-bond donors (Lipinski definition) is 1. The van der Waals surface area contributed by atoms with Crippen LogP contribution in [-0.4, -0.2) is 50.2 Å². The molecule has 0 aliphatic heterocycles. The summed E-state index contributed by atoms with van der Waals surface area (Å²) >= 11 is 0. The van der Waals surface area contributed by atoms with Gasteiger partial charge in [-0.25, -0.2) is 4.98 Å². The molecule has 0 atom stereocenters. The Hall–Kier alpha value is -1.13. The molecule has 0 radical (unpaired) electrons. The van der Waals surface area contributed by atoms with Crippen LogP contribution in [0.4, 0.5) is 5.82 Å². The van der Waals surface area contributed by atoms with Crippen LogP contribution in [0.15, 0.2) is 12.3 Å². The van der Waals surface area contributed by atoms with Gasteiger partial charge in [-0.1, -0.05) is 13.8 Å². The van der Waals surface area contributed by atoms with E-state index < -0.39 is 0 Å². The van der Waals surface area contributed by atoms with Gasteiger partial charge in [0.05, 0.1) is 0 Å². The maximum absolute atomic E-state index is 4.70. The summed E-state index contributed by atoms with van der Waals surface area (Å²) in [4.78, 5) is 9.31. The number of rotatable bonds is 9. The third-order valence-electron chi connectivity index (χ3n) is 3.30. The van der Waals surface area contributed by atoms with Gasteiger partial charge in [0.2, 0.25) is 0 Å². The average molecular weight is 278 g/mol. The maximum atomic E-state index is 4.70. The number of aryl methyl sites for hydroxylation is 1. The molecule has 0 aliphatic carbocycles. The fourth-order valence-corrected chi connectivity index (χ4v) is 2.24. The zero-order chi connectivity index (χ0) is 15.0. The highest BCUT2D eigenvalue weighted by Gasteiger charge is 2.11. The lowest BCUT2D eigenvalue weighted by atomic mass is 10.2. The van der Waals surface area contributed by atoms with E-state index in [1.165, 1.54) is 11.1 Å². The lowest BCUT2D eigenvalue weighted by molar-refractivity contribution is 0.412. The van der Waals surface area contributed by atoms with Crippen LogP contribution < -0.4 is 10.2 Å². The molecule has 0 unspecified atom stereocenters. The molecule has 1 heterocycles.